The lowest BCUT2D eigenvalue weighted by Gasteiger charge is -2.05. The number of aryl methyl sites for hydroxylation is 1. The first-order chi connectivity index (χ1) is 10.1. The molecule has 1 aromatic heterocycles. The Morgan fingerprint density at radius 3 is 2.57 bits per heavy atom. The number of nitrogens with one attached hydrogen (secondary N) is 1. The highest BCUT2D eigenvalue weighted by Crippen LogP contribution is 2.28. The number of benzene rings is 1. The second kappa shape index (κ2) is 6.29. The number of thiazole rings is 1. The van der Waals surface area contributed by atoms with Crippen molar-refractivity contribution in [2.45, 2.75) is 58.5 Å². The van der Waals surface area contributed by atoms with Gasteiger partial charge in [-0.3, -0.25) is 0 Å². The fraction of sp³-hybridized carbons (Fsp3) is 0.500. The molecule has 1 aliphatic rings. The van der Waals surface area contributed by atoms with Crippen LogP contribution in [0.5, 0.6) is 0 Å². The van der Waals surface area contributed by atoms with Crippen molar-refractivity contribution in [3.8, 4) is 0 Å². The highest BCUT2D eigenvalue weighted by molar-refractivity contribution is 7.11. The average Bonchev–Trinajstić information content (AvgIpc) is 3.19. The summed E-state index contributed by atoms with van der Waals surface area (Å²) in [5.74, 6) is 0.504. The number of hydrogen-bond donors (Lipinski definition) is 1. The molecule has 0 radical (unpaired) electrons. The fourth-order valence-electron chi connectivity index (χ4n) is 2.47. The van der Waals surface area contributed by atoms with Gasteiger partial charge in [-0.05, 0) is 31.2 Å². The predicted molar refractivity (Wildman–Crippen MR) is 90.0 cm³/mol. The first-order valence-corrected chi connectivity index (χ1v) is 8.71. The molecule has 1 N–H and O–H groups in total. The minimum absolute atomic E-state index is 0.504. The lowest BCUT2D eigenvalue weighted by Crippen LogP contribution is -2.15. The maximum atomic E-state index is 4.90. The van der Waals surface area contributed by atoms with Crippen molar-refractivity contribution < 1.29 is 0 Å². The Labute approximate surface area is 131 Å². The molecule has 2 aromatic rings. The molecule has 1 aromatic carbocycles. The van der Waals surface area contributed by atoms with Gasteiger partial charge in [0, 0.05) is 23.9 Å². The fourth-order valence-corrected chi connectivity index (χ4v) is 3.68. The van der Waals surface area contributed by atoms with Gasteiger partial charge in [-0.2, -0.15) is 0 Å². The molecular formula is C18H24N2S. The molecule has 3 rings (SSSR count). The molecule has 1 fully saturated rings. The molecule has 3 heteroatoms. The molecule has 0 atom stereocenters. The van der Waals surface area contributed by atoms with E-state index in [1.54, 1.807) is 0 Å². The Morgan fingerprint density at radius 1 is 1.24 bits per heavy atom. The maximum Gasteiger partial charge on any atom is 0.0975 e. The summed E-state index contributed by atoms with van der Waals surface area (Å²) in [6.45, 7) is 7.60. The van der Waals surface area contributed by atoms with E-state index in [1.807, 2.05) is 11.3 Å². The zero-order chi connectivity index (χ0) is 14.8. The van der Waals surface area contributed by atoms with Gasteiger partial charge in [0.2, 0.25) is 0 Å². The van der Waals surface area contributed by atoms with E-state index in [0.29, 0.717) is 5.92 Å². The van der Waals surface area contributed by atoms with E-state index in [1.165, 1.54) is 39.5 Å². The Balaban J connectivity index is 1.74. The van der Waals surface area contributed by atoms with Gasteiger partial charge in [0.25, 0.3) is 0 Å². The summed E-state index contributed by atoms with van der Waals surface area (Å²) in [5.41, 5.74) is 3.96. The largest absolute Gasteiger partial charge is 0.309 e. The van der Waals surface area contributed by atoms with Gasteiger partial charge < -0.3 is 5.32 Å². The van der Waals surface area contributed by atoms with Crippen LogP contribution in [0.25, 0.3) is 0 Å². The van der Waals surface area contributed by atoms with Crippen molar-refractivity contribution in [1.82, 2.24) is 10.3 Å². The van der Waals surface area contributed by atoms with Crippen LogP contribution in [0.3, 0.4) is 0 Å². The van der Waals surface area contributed by atoms with Crippen LogP contribution >= 0.6 is 11.3 Å². The third-order valence-corrected chi connectivity index (χ3v) is 4.99. The molecule has 0 saturated heterocycles. The molecule has 0 bridgehead atoms. The van der Waals surface area contributed by atoms with Crippen molar-refractivity contribution in [2.75, 3.05) is 0 Å². The van der Waals surface area contributed by atoms with Crippen LogP contribution in [0.4, 0.5) is 0 Å². The summed E-state index contributed by atoms with van der Waals surface area (Å²) < 4.78 is 0. The van der Waals surface area contributed by atoms with E-state index < -0.39 is 0 Å². The van der Waals surface area contributed by atoms with E-state index in [2.05, 4.69) is 50.4 Å². The number of rotatable bonds is 6. The SMILES string of the molecule is Cc1ccc(Cc2nc(C(C)C)c(CNC3CC3)s2)cc1. The van der Waals surface area contributed by atoms with Crippen LogP contribution in [0.2, 0.25) is 0 Å². The van der Waals surface area contributed by atoms with E-state index in [0.717, 1.165) is 19.0 Å². The van der Waals surface area contributed by atoms with Gasteiger partial charge in [-0.15, -0.1) is 11.3 Å². The van der Waals surface area contributed by atoms with Crippen molar-refractivity contribution in [2.24, 2.45) is 0 Å². The minimum atomic E-state index is 0.504. The zero-order valence-electron chi connectivity index (χ0n) is 13.1. The van der Waals surface area contributed by atoms with Crippen molar-refractivity contribution in [1.29, 1.82) is 0 Å². The first kappa shape index (κ1) is 14.7. The van der Waals surface area contributed by atoms with E-state index in [9.17, 15) is 0 Å². The molecule has 0 spiro atoms. The van der Waals surface area contributed by atoms with Gasteiger partial charge in [0.15, 0.2) is 0 Å². The monoisotopic (exact) mass is 300 g/mol. The van der Waals surface area contributed by atoms with Crippen LogP contribution in [-0.2, 0) is 13.0 Å². The molecule has 0 unspecified atom stereocenters. The van der Waals surface area contributed by atoms with Gasteiger partial charge in [0.05, 0.1) is 10.7 Å². The smallest absolute Gasteiger partial charge is 0.0975 e. The first-order valence-electron chi connectivity index (χ1n) is 7.89. The maximum absolute atomic E-state index is 4.90. The standard InChI is InChI=1S/C18H24N2S/c1-12(2)18-16(11-19-15-8-9-15)21-17(20-18)10-14-6-4-13(3)5-7-14/h4-7,12,15,19H,8-11H2,1-3H3. The van der Waals surface area contributed by atoms with Crippen LogP contribution in [0.1, 0.15) is 59.3 Å². The minimum Gasteiger partial charge on any atom is -0.309 e. The molecule has 1 heterocycles. The number of hydrogen-bond acceptors (Lipinski definition) is 3. The van der Waals surface area contributed by atoms with E-state index in [-0.39, 0.29) is 0 Å². The molecular weight excluding hydrogens is 276 g/mol. The summed E-state index contributed by atoms with van der Waals surface area (Å²) in [6.07, 6.45) is 3.63. The number of aromatic nitrogens is 1. The highest BCUT2D eigenvalue weighted by Gasteiger charge is 2.22. The van der Waals surface area contributed by atoms with Crippen LogP contribution in [0.15, 0.2) is 24.3 Å². The van der Waals surface area contributed by atoms with Crippen LogP contribution in [-0.4, -0.2) is 11.0 Å². The average molecular weight is 300 g/mol. The van der Waals surface area contributed by atoms with Crippen molar-refractivity contribution >= 4 is 11.3 Å². The summed E-state index contributed by atoms with van der Waals surface area (Å²) in [7, 11) is 0. The molecule has 112 valence electrons. The molecule has 1 saturated carbocycles. The molecule has 21 heavy (non-hydrogen) atoms. The number of nitrogens with zero attached hydrogens (tertiary/aromatic N) is 1. The molecule has 0 aliphatic heterocycles. The topological polar surface area (TPSA) is 24.9 Å². The van der Waals surface area contributed by atoms with Crippen LogP contribution < -0.4 is 5.32 Å². The highest BCUT2D eigenvalue weighted by atomic mass is 32.1. The summed E-state index contributed by atoms with van der Waals surface area (Å²) in [5, 5.41) is 4.87. The molecule has 1 aliphatic carbocycles. The Hall–Kier alpha value is -1.19. The van der Waals surface area contributed by atoms with Crippen LogP contribution in [0, 0.1) is 6.92 Å². The second-order valence-corrected chi connectivity index (χ2v) is 7.56. The lowest BCUT2D eigenvalue weighted by atomic mass is 10.1. The van der Waals surface area contributed by atoms with Crippen molar-refractivity contribution in [3.63, 3.8) is 0 Å². The Morgan fingerprint density at radius 2 is 1.95 bits per heavy atom. The van der Waals surface area contributed by atoms with Gasteiger partial charge in [0.1, 0.15) is 0 Å². The van der Waals surface area contributed by atoms with Crippen molar-refractivity contribution in [3.05, 3.63) is 51.0 Å². The summed E-state index contributed by atoms with van der Waals surface area (Å²) in [6, 6.07) is 9.55. The third-order valence-electron chi connectivity index (χ3n) is 3.92. The van der Waals surface area contributed by atoms with E-state index >= 15 is 0 Å². The van der Waals surface area contributed by atoms with Gasteiger partial charge >= 0.3 is 0 Å². The Kier molecular flexibility index (Phi) is 4.41. The Bertz CT molecular complexity index is 594. The predicted octanol–water partition coefficient (Wildman–Crippen LogP) is 4.42. The third kappa shape index (κ3) is 3.92. The van der Waals surface area contributed by atoms with Gasteiger partial charge in [-0.25, -0.2) is 4.98 Å². The van der Waals surface area contributed by atoms with Gasteiger partial charge in [-0.1, -0.05) is 43.7 Å². The molecule has 0 amide bonds. The zero-order valence-corrected chi connectivity index (χ0v) is 14.0. The normalized spacial score (nSPS) is 14.9. The lowest BCUT2D eigenvalue weighted by molar-refractivity contribution is 0.680. The summed E-state index contributed by atoms with van der Waals surface area (Å²) >= 11 is 1.88. The quantitative estimate of drug-likeness (QED) is 0.854. The molecule has 2 nitrogen and oxygen atoms in total. The van der Waals surface area contributed by atoms with E-state index in [4.69, 9.17) is 4.98 Å². The summed E-state index contributed by atoms with van der Waals surface area (Å²) in [4.78, 5) is 6.33. The second-order valence-electron chi connectivity index (χ2n) is 6.39.